The number of anilines is 1. The van der Waals surface area contributed by atoms with Gasteiger partial charge in [-0.25, -0.2) is 0 Å². The number of amides is 2. The molecule has 5 nitrogen and oxygen atoms in total. The number of hydrogen-bond acceptors (Lipinski definition) is 3. The van der Waals surface area contributed by atoms with E-state index in [1.54, 1.807) is 30.2 Å². The molecule has 0 bridgehead atoms. The molecule has 0 spiro atoms. The van der Waals surface area contributed by atoms with Gasteiger partial charge in [0.1, 0.15) is 5.75 Å². The van der Waals surface area contributed by atoms with Crippen LogP contribution in [-0.2, 0) is 16.1 Å². The van der Waals surface area contributed by atoms with Crippen molar-refractivity contribution in [2.75, 3.05) is 19.0 Å². The summed E-state index contributed by atoms with van der Waals surface area (Å²) < 4.78 is 5.32. The van der Waals surface area contributed by atoms with Crippen LogP contribution in [0.3, 0.4) is 0 Å². The Hall–Kier alpha value is -2.24. The summed E-state index contributed by atoms with van der Waals surface area (Å²) in [6.07, 6.45) is 0.176. The van der Waals surface area contributed by atoms with Gasteiger partial charge in [-0.2, -0.15) is 0 Å². The summed E-state index contributed by atoms with van der Waals surface area (Å²) in [5.41, 5.74) is 1.43. The highest BCUT2D eigenvalue weighted by molar-refractivity contribution is 6.35. The minimum atomic E-state index is -0.421. The van der Waals surface area contributed by atoms with Crippen LogP contribution in [0.15, 0.2) is 42.5 Å². The van der Waals surface area contributed by atoms with E-state index in [0.29, 0.717) is 28.8 Å². The van der Waals surface area contributed by atoms with Crippen LogP contribution in [-0.4, -0.2) is 30.4 Å². The summed E-state index contributed by atoms with van der Waals surface area (Å²) in [5.74, 6) is 0.0242. The molecule has 1 aliphatic rings. The van der Waals surface area contributed by atoms with E-state index in [9.17, 15) is 9.59 Å². The van der Waals surface area contributed by atoms with Crippen LogP contribution >= 0.6 is 23.2 Å². The van der Waals surface area contributed by atoms with Crippen LogP contribution in [0, 0.1) is 5.92 Å². The van der Waals surface area contributed by atoms with Crippen molar-refractivity contribution in [1.29, 1.82) is 0 Å². The van der Waals surface area contributed by atoms with Gasteiger partial charge >= 0.3 is 0 Å². The van der Waals surface area contributed by atoms with Gasteiger partial charge in [-0.15, -0.1) is 0 Å². The fourth-order valence-electron chi connectivity index (χ4n) is 3.01. The standard InChI is InChI=1S/C19H18Cl2N2O3/c1-26-17-5-3-2-4-12(17)10-23-11-13(6-18(23)24)19(25)22-16-8-14(20)7-15(21)9-16/h2-5,7-9,13H,6,10-11H2,1H3,(H,22,25). The lowest BCUT2D eigenvalue weighted by Gasteiger charge is -2.18. The lowest BCUT2D eigenvalue weighted by molar-refractivity contribution is -0.128. The number of likely N-dealkylation sites (tertiary alicyclic amines) is 1. The highest BCUT2D eigenvalue weighted by atomic mass is 35.5. The third-order valence-corrected chi connectivity index (χ3v) is 4.71. The first kappa shape index (κ1) is 18.5. The zero-order valence-electron chi connectivity index (χ0n) is 14.2. The monoisotopic (exact) mass is 392 g/mol. The summed E-state index contributed by atoms with van der Waals surface area (Å²) in [5, 5.41) is 3.66. The Morgan fingerprint density at radius 1 is 1.23 bits per heavy atom. The molecular formula is C19H18Cl2N2O3. The second-order valence-electron chi connectivity index (χ2n) is 6.13. The topological polar surface area (TPSA) is 58.6 Å². The molecule has 2 aromatic rings. The fraction of sp³-hybridized carbons (Fsp3) is 0.263. The van der Waals surface area contributed by atoms with Crippen molar-refractivity contribution in [3.63, 3.8) is 0 Å². The zero-order chi connectivity index (χ0) is 18.7. The summed E-state index contributed by atoms with van der Waals surface area (Å²) in [7, 11) is 1.59. The number of para-hydroxylation sites is 1. The normalized spacial score (nSPS) is 16.7. The molecule has 0 aliphatic carbocycles. The lowest BCUT2D eigenvalue weighted by Crippen LogP contribution is -2.28. The molecule has 1 unspecified atom stereocenters. The van der Waals surface area contributed by atoms with Crippen molar-refractivity contribution in [3.05, 3.63) is 58.1 Å². The van der Waals surface area contributed by atoms with Crippen LogP contribution in [0.1, 0.15) is 12.0 Å². The predicted molar refractivity (Wildman–Crippen MR) is 102 cm³/mol. The summed E-state index contributed by atoms with van der Waals surface area (Å²) in [6, 6.07) is 12.4. The molecule has 7 heteroatoms. The molecule has 1 N–H and O–H groups in total. The van der Waals surface area contributed by atoms with Crippen LogP contribution in [0.4, 0.5) is 5.69 Å². The maximum absolute atomic E-state index is 12.5. The molecule has 1 aliphatic heterocycles. The van der Waals surface area contributed by atoms with Crippen molar-refractivity contribution in [2.45, 2.75) is 13.0 Å². The first-order valence-electron chi connectivity index (χ1n) is 8.13. The number of rotatable bonds is 5. The van der Waals surface area contributed by atoms with Gasteiger partial charge in [0.2, 0.25) is 11.8 Å². The van der Waals surface area contributed by atoms with Gasteiger partial charge in [0.15, 0.2) is 0 Å². The van der Waals surface area contributed by atoms with Crippen LogP contribution in [0.25, 0.3) is 0 Å². The van der Waals surface area contributed by atoms with Gasteiger partial charge in [-0.05, 0) is 24.3 Å². The molecule has 26 heavy (non-hydrogen) atoms. The molecule has 0 saturated carbocycles. The second kappa shape index (κ2) is 7.98. The summed E-state index contributed by atoms with van der Waals surface area (Å²) >= 11 is 11.9. The Kier molecular flexibility index (Phi) is 5.69. The van der Waals surface area contributed by atoms with Gasteiger partial charge in [0, 0.05) is 40.8 Å². The third kappa shape index (κ3) is 4.29. The Bertz CT molecular complexity index is 821. The number of ether oxygens (including phenoxy) is 1. The number of hydrogen-bond donors (Lipinski definition) is 1. The van der Waals surface area contributed by atoms with Gasteiger partial charge < -0.3 is 15.0 Å². The molecule has 2 amide bonds. The molecule has 1 heterocycles. The van der Waals surface area contributed by atoms with Crippen LogP contribution in [0.2, 0.25) is 10.0 Å². The molecule has 1 saturated heterocycles. The largest absolute Gasteiger partial charge is 0.496 e. The molecule has 1 atom stereocenters. The van der Waals surface area contributed by atoms with E-state index >= 15 is 0 Å². The molecule has 0 radical (unpaired) electrons. The van der Waals surface area contributed by atoms with E-state index in [-0.39, 0.29) is 18.2 Å². The number of nitrogens with zero attached hydrogens (tertiary/aromatic N) is 1. The predicted octanol–water partition coefficient (Wildman–Crippen LogP) is 3.99. The van der Waals surface area contributed by atoms with E-state index in [0.717, 1.165) is 11.3 Å². The number of carbonyl (C=O) groups is 2. The van der Waals surface area contributed by atoms with E-state index < -0.39 is 5.92 Å². The average Bonchev–Trinajstić information content (AvgIpc) is 2.95. The smallest absolute Gasteiger partial charge is 0.229 e. The quantitative estimate of drug-likeness (QED) is 0.836. The highest BCUT2D eigenvalue weighted by Crippen LogP contribution is 2.27. The minimum absolute atomic E-state index is 0.0554. The molecule has 0 aromatic heterocycles. The van der Waals surface area contributed by atoms with Crippen molar-refractivity contribution in [3.8, 4) is 5.75 Å². The van der Waals surface area contributed by atoms with Crippen molar-refractivity contribution < 1.29 is 14.3 Å². The highest BCUT2D eigenvalue weighted by Gasteiger charge is 2.34. The van der Waals surface area contributed by atoms with E-state index in [1.165, 1.54) is 0 Å². The number of benzene rings is 2. The maximum atomic E-state index is 12.5. The van der Waals surface area contributed by atoms with E-state index in [4.69, 9.17) is 27.9 Å². The van der Waals surface area contributed by atoms with Crippen molar-refractivity contribution in [1.82, 2.24) is 4.90 Å². The Labute approximate surface area is 161 Å². The molecule has 2 aromatic carbocycles. The number of nitrogens with one attached hydrogen (secondary N) is 1. The van der Waals surface area contributed by atoms with E-state index in [1.807, 2.05) is 24.3 Å². The van der Waals surface area contributed by atoms with Crippen molar-refractivity contribution in [2.24, 2.45) is 5.92 Å². The first-order valence-corrected chi connectivity index (χ1v) is 8.88. The Morgan fingerprint density at radius 3 is 2.62 bits per heavy atom. The molecule has 3 rings (SSSR count). The summed E-state index contributed by atoms with van der Waals surface area (Å²) in [4.78, 5) is 26.5. The van der Waals surface area contributed by atoms with Gasteiger partial charge in [0.05, 0.1) is 13.0 Å². The van der Waals surface area contributed by atoms with Gasteiger partial charge in [-0.3, -0.25) is 9.59 Å². The molecule has 1 fully saturated rings. The lowest BCUT2D eigenvalue weighted by atomic mass is 10.1. The van der Waals surface area contributed by atoms with Gasteiger partial charge in [-0.1, -0.05) is 41.4 Å². The van der Waals surface area contributed by atoms with E-state index in [2.05, 4.69) is 5.32 Å². The average molecular weight is 393 g/mol. The third-order valence-electron chi connectivity index (χ3n) is 4.27. The Morgan fingerprint density at radius 2 is 1.92 bits per heavy atom. The first-order chi connectivity index (χ1) is 12.5. The zero-order valence-corrected chi connectivity index (χ0v) is 15.7. The fourth-order valence-corrected chi connectivity index (χ4v) is 3.54. The second-order valence-corrected chi connectivity index (χ2v) is 7.01. The van der Waals surface area contributed by atoms with Crippen molar-refractivity contribution >= 4 is 40.7 Å². The SMILES string of the molecule is COc1ccccc1CN1CC(C(=O)Nc2cc(Cl)cc(Cl)c2)CC1=O. The Balaban J connectivity index is 1.66. The number of halogens is 2. The van der Waals surface area contributed by atoms with Crippen LogP contribution in [0.5, 0.6) is 5.75 Å². The van der Waals surface area contributed by atoms with Crippen LogP contribution < -0.4 is 10.1 Å². The number of carbonyl (C=O) groups excluding carboxylic acids is 2. The molecule has 136 valence electrons. The maximum Gasteiger partial charge on any atom is 0.229 e. The number of methoxy groups -OCH3 is 1. The molecular weight excluding hydrogens is 375 g/mol. The summed E-state index contributed by atoms with van der Waals surface area (Å²) in [6.45, 7) is 0.770. The van der Waals surface area contributed by atoms with Gasteiger partial charge in [0.25, 0.3) is 0 Å². The minimum Gasteiger partial charge on any atom is -0.496 e.